The van der Waals surface area contributed by atoms with Crippen LogP contribution in [0.3, 0.4) is 0 Å². The third kappa shape index (κ3) is 1.88. The molecule has 0 spiro atoms. The Bertz CT molecular complexity index is 179. The Hall–Kier alpha value is -1.41. The number of hydrogen-bond acceptors (Lipinski definition) is 4. The van der Waals surface area contributed by atoms with Crippen molar-refractivity contribution in [2.75, 3.05) is 7.11 Å². The highest BCUT2D eigenvalue weighted by Crippen LogP contribution is 1.84. The molecular weight excluding hydrogens is 122 g/mol. The maximum atomic E-state index is 10.3. The Balaban J connectivity index is 4.32. The van der Waals surface area contributed by atoms with Gasteiger partial charge in [0.05, 0.1) is 7.11 Å². The molecule has 0 unspecified atom stereocenters. The first-order valence-electron chi connectivity index (χ1n) is 2.09. The van der Waals surface area contributed by atoms with Crippen LogP contribution in [0.25, 0.3) is 0 Å². The van der Waals surface area contributed by atoms with Gasteiger partial charge in [0.1, 0.15) is 0 Å². The minimum Gasteiger partial charge on any atom is -0.465 e. The summed E-state index contributed by atoms with van der Waals surface area (Å²) < 4.78 is 4.10. The molecular formula is C5H5NO3. The molecule has 48 valence electrons. The van der Waals surface area contributed by atoms with Gasteiger partial charge in [-0.1, -0.05) is 0 Å². The molecule has 0 aliphatic rings. The number of carbonyl (C=O) groups excluding carboxylic acids is 2. The van der Waals surface area contributed by atoms with E-state index in [1.165, 1.54) is 0 Å². The van der Waals surface area contributed by atoms with Crippen molar-refractivity contribution in [3.63, 3.8) is 0 Å². The Kier molecular flexibility index (Phi) is 3.01. The fraction of sp³-hybridized carbons (Fsp3) is 0.200. The second kappa shape index (κ2) is 3.57. The minimum atomic E-state index is -0.833. The van der Waals surface area contributed by atoms with E-state index in [1.807, 2.05) is 0 Å². The lowest BCUT2D eigenvalue weighted by Gasteiger charge is -1.89. The van der Waals surface area contributed by atoms with Crippen molar-refractivity contribution in [1.82, 2.24) is 0 Å². The predicted octanol–water partition coefficient (Wildman–Crippen LogP) is -0.467. The summed E-state index contributed by atoms with van der Waals surface area (Å²) in [6.07, 6.45) is 0.221. The Labute approximate surface area is 51.6 Å². The van der Waals surface area contributed by atoms with Crippen molar-refractivity contribution in [1.29, 1.82) is 5.41 Å². The highest BCUT2D eigenvalue weighted by Gasteiger charge is 2.05. The Morgan fingerprint density at radius 2 is 2.33 bits per heavy atom. The van der Waals surface area contributed by atoms with Gasteiger partial charge in [-0.2, -0.15) is 0 Å². The molecule has 0 aromatic carbocycles. The lowest BCUT2D eigenvalue weighted by atomic mass is 10.3. The molecule has 0 aliphatic heterocycles. The Morgan fingerprint density at radius 1 is 1.78 bits per heavy atom. The number of hydrogen-bond donors (Lipinski definition) is 1. The molecule has 0 radical (unpaired) electrons. The van der Waals surface area contributed by atoms with E-state index in [0.717, 1.165) is 7.11 Å². The van der Waals surface area contributed by atoms with Crippen LogP contribution >= 0.6 is 0 Å². The van der Waals surface area contributed by atoms with Crippen molar-refractivity contribution in [2.24, 2.45) is 0 Å². The summed E-state index contributed by atoms with van der Waals surface area (Å²) in [5, 5.41) is 6.37. The lowest BCUT2D eigenvalue weighted by Crippen LogP contribution is -2.05. The van der Waals surface area contributed by atoms with Gasteiger partial charge >= 0.3 is 5.97 Å². The van der Waals surface area contributed by atoms with E-state index >= 15 is 0 Å². The van der Waals surface area contributed by atoms with E-state index in [1.54, 1.807) is 5.87 Å². The molecule has 0 saturated carbocycles. The van der Waals surface area contributed by atoms with Crippen molar-refractivity contribution in [2.45, 2.75) is 0 Å². The fourth-order valence-corrected chi connectivity index (χ4v) is 0.239. The number of rotatable bonds is 2. The smallest absolute Gasteiger partial charge is 0.350 e. The van der Waals surface area contributed by atoms with Crippen LogP contribution in [-0.4, -0.2) is 25.2 Å². The van der Waals surface area contributed by atoms with Crippen LogP contribution < -0.4 is 0 Å². The summed E-state index contributed by atoms with van der Waals surface area (Å²) in [5.41, 5.74) is -0.405. The van der Waals surface area contributed by atoms with Gasteiger partial charge in [-0.15, -0.1) is 0 Å². The van der Waals surface area contributed by atoms with Gasteiger partial charge in [-0.3, -0.25) is 10.2 Å². The van der Waals surface area contributed by atoms with Gasteiger partial charge in [0.15, 0.2) is 11.9 Å². The lowest BCUT2D eigenvalue weighted by molar-refractivity contribution is -0.136. The first kappa shape index (κ1) is 7.59. The summed E-state index contributed by atoms with van der Waals surface area (Å²) in [6.45, 7) is 0. The van der Waals surface area contributed by atoms with Crippen LogP contribution in [0.4, 0.5) is 0 Å². The highest BCUT2D eigenvalue weighted by atomic mass is 16.5. The molecule has 4 nitrogen and oxygen atoms in total. The topological polar surface area (TPSA) is 67.2 Å². The number of ether oxygens (including phenoxy) is 1. The third-order valence-corrected chi connectivity index (χ3v) is 0.658. The number of carbonyl (C=O) groups is 2. The molecule has 9 heavy (non-hydrogen) atoms. The maximum absolute atomic E-state index is 10.3. The van der Waals surface area contributed by atoms with Gasteiger partial charge < -0.3 is 4.74 Å². The molecule has 0 rings (SSSR count). The van der Waals surface area contributed by atoms with Crippen LogP contribution in [0, 0.1) is 5.41 Å². The van der Waals surface area contributed by atoms with Crippen LogP contribution in [0.15, 0.2) is 5.57 Å². The summed E-state index contributed by atoms with van der Waals surface area (Å²) in [5.74, 6) is 0.793. The van der Waals surface area contributed by atoms with Crippen molar-refractivity contribution in [3.05, 3.63) is 5.57 Å². The molecule has 0 aromatic rings. The monoisotopic (exact) mass is 127 g/mol. The molecule has 0 heterocycles. The summed E-state index contributed by atoms with van der Waals surface area (Å²) in [6, 6.07) is 0. The average molecular weight is 127 g/mol. The zero-order valence-electron chi connectivity index (χ0n) is 4.80. The van der Waals surface area contributed by atoms with Crippen LogP contribution in [-0.2, 0) is 14.3 Å². The second-order valence-corrected chi connectivity index (χ2v) is 1.15. The van der Waals surface area contributed by atoms with Crippen molar-refractivity contribution in [3.8, 4) is 0 Å². The minimum absolute atomic E-state index is 0.221. The highest BCUT2D eigenvalue weighted by molar-refractivity contribution is 6.14. The van der Waals surface area contributed by atoms with Gasteiger partial charge in [-0.05, 0) is 5.87 Å². The van der Waals surface area contributed by atoms with Crippen LogP contribution in [0.1, 0.15) is 0 Å². The largest absolute Gasteiger partial charge is 0.465 e. The van der Waals surface area contributed by atoms with Gasteiger partial charge in [0, 0.05) is 0 Å². The fourth-order valence-electron chi connectivity index (χ4n) is 0.239. The van der Waals surface area contributed by atoms with E-state index in [2.05, 4.69) is 4.74 Å². The van der Waals surface area contributed by atoms with Gasteiger partial charge in [0.25, 0.3) is 0 Å². The quantitative estimate of drug-likeness (QED) is 0.136. The van der Waals surface area contributed by atoms with Crippen molar-refractivity contribution < 1.29 is 14.3 Å². The number of esters is 1. The van der Waals surface area contributed by atoms with E-state index in [0.29, 0.717) is 0 Å². The number of nitrogens with one attached hydrogen (secondary N) is 1. The SMILES string of the molecule is COC(=O)C(=C=N)C=O. The molecule has 4 heteroatoms. The van der Waals surface area contributed by atoms with E-state index in [4.69, 9.17) is 5.41 Å². The molecule has 0 fully saturated rings. The third-order valence-electron chi connectivity index (χ3n) is 0.658. The molecule has 0 bridgehead atoms. The molecule has 0 aromatic heterocycles. The Morgan fingerprint density at radius 3 is 2.44 bits per heavy atom. The normalized spacial score (nSPS) is 7.22. The van der Waals surface area contributed by atoms with E-state index in [-0.39, 0.29) is 6.29 Å². The zero-order chi connectivity index (χ0) is 7.28. The van der Waals surface area contributed by atoms with E-state index < -0.39 is 11.5 Å². The molecule has 0 atom stereocenters. The summed E-state index contributed by atoms with van der Waals surface area (Å²) in [7, 11) is 1.13. The van der Waals surface area contributed by atoms with Gasteiger partial charge in [0.2, 0.25) is 0 Å². The molecule has 0 amide bonds. The molecule has 1 N–H and O–H groups in total. The van der Waals surface area contributed by atoms with Crippen LogP contribution in [0.5, 0.6) is 0 Å². The number of aldehydes is 1. The molecule has 0 saturated heterocycles. The molecule has 0 aliphatic carbocycles. The van der Waals surface area contributed by atoms with Crippen LogP contribution in [0.2, 0.25) is 0 Å². The standard InChI is InChI=1S/C5H5NO3/c1-9-5(8)4(2-6)3-7/h3,6H,1H3. The first-order chi connectivity index (χ1) is 4.26. The summed E-state index contributed by atoms with van der Waals surface area (Å²) >= 11 is 0. The van der Waals surface area contributed by atoms with Gasteiger partial charge in [-0.25, -0.2) is 4.79 Å². The second-order valence-electron chi connectivity index (χ2n) is 1.15. The predicted molar refractivity (Wildman–Crippen MR) is 29.3 cm³/mol. The summed E-state index contributed by atoms with van der Waals surface area (Å²) in [4.78, 5) is 20.1. The van der Waals surface area contributed by atoms with Crippen molar-refractivity contribution >= 4 is 18.1 Å². The zero-order valence-corrected chi connectivity index (χ0v) is 4.80. The maximum Gasteiger partial charge on any atom is 0.350 e. The first-order valence-corrected chi connectivity index (χ1v) is 2.09. The number of methoxy groups -OCH3 is 1. The average Bonchev–Trinajstić information content (AvgIpc) is 1.90. The van der Waals surface area contributed by atoms with E-state index in [9.17, 15) is 9.59 Å².